The Morgan fingerprint density at radius 2 is 1.92 bits per heavy atom. The maximum absolute atomic E-state index is 12.3. The lowest BCUT2D eigenvalue weighted by molar-refractivity contribution is -0.161. The Bertz CT molecular complexity index is 590. The van der Waals surface area contributed by atoms with E-state index >= 15 is 0 Å². The molecule has 0 radical (unpaired) electrons. The van der Waals surface area contributed by atoms with Crippen LogP contribution in [0.25, 0.3) is 0 Å². The Balaban J connectivity index is 1.55. The van der Waals surface area contributed by atoms with Crippen LogP contribution in [0.1, 0.15) is 65.2 Å². The maximum Gasteiger partial charge on any atom is 0.161 e. The summed E-state index contributed by atoms with van der Waals surface area (Å²) in [5.41, 5.74) is -0.0909. The van der Waals surface area contributed by atoms with Gasteiger partial charge in [-0.1, -0.05) is 6.92 Å². The lowest BCUT2D eigenvalue weighted by Gasteiger charge is -2.60. The van der Waals surface area contributed by atoms with Crippen LogP contribution in [-0.4, -0.2) is 34.5 Å². The molecule has 1 unspecified atom stereocenters. The predicted molar refractivity (Wildman–Crippen MR) is 92.5 cm³/mol. The van der Waals surface area contributed by atoms with Gasteiger partial charge in [0.1, 0.15) is 5.78 Å². The average Bonchev–Trinajstić information content (AvgIpc) is 3.08. The lowest BCUT2D eigenvalue weighted by atomic mass is 9.44. The van der Waals surface area contributed by atoms with E-state index in [9.17, 15) is 15.0 Å². The molecular weight excluding hydrogens is 316 g/mol. The van der Waals surface area contributed by atoms with Crippen molar-refractivity contribution in [1.82, 2.24) is 0 Å². The van der Waals surface area contributed by atoms with Gasteiger partial charge in [0.2, 0.25) is 0 Å². The van der Waals surface area contributed by atoms with E-state index < -0.39 is 6.29 Å². The average molecular weight is 348 g/mol. The first-order chi connectivity index (χ1) is 11.9. The van der Waals surface area contributed by atoms with Crippen LogP contribution < -0.4 is 0 Å². The molecule has 5 aliphatic rings. The summed E-state index contributed by atoms with van der Waals surface area (Å²) in [6, 6.07) is 0. The number of aliphatic hydroxyl groups excluding tert-OH is 2. The first-order valence-electron chi connectivity index (χ1n) is 10.4. The number of hydrogen-bond acceptors (Lipinski definition) is 4. The van der Waals surface area contributed by atoms with Gasteiger partial charge in [-0.3, -0.25) is 4.79 Å². The molecule has 25 heavy (non-hydrogen) atoms. The summed E-state index contributed by atoms with van der Waals surface area (Å²) >= 11 is 0. The molecule has 140 valence electrons. The van der Waals surface area contributed by atoms with Crippen molar-refractivity contribution in [2.45, 2.75) is 83.7 Å². The zero-order valence-corrected chi connectivity index (χ0v) is 15.5. The van der Waals surface area contributed by atoms with E-state index in [0.717, 1.165) is 38.5 Å². The molecule has 4 saturated carbocycles. The minimum Gasteiger partial charge on any atom is -0.393 e. The van der Waals surface area contributed by atoms with Crippen molar-refractivity contribution < 1.29 is 19.7 Å². The zero-order valence-electron chi connectivity index (χ0n) is 15.5. The highest BCUT2D eigenvalue weighted by atomic mass is 16.6. The van der Waals surface area contributed by atoms with Gasteiger partial charge in [0.05, 0.1) is 12.2 Å². The van der Waals surface area contributed by atoms with Gasteiger partial charge in [-0.15, -0.1) is 0 Å². The minimum absolute atomic E-state index is 0.0165. The Hall–Kier alpha value is -0.450. The molecule has 1 aliphatic heterocycles. The molecule has 2 N–H and O–H groups in total. The third-order valence-corrected chi connectivity index (χ3v) is 9.41. The van der Waals surface area contributed by atoms with Gasteiger partial charge >= 0.3 is 0 Å². The Morgan fingerprint density at radius 1 is 1.12 bits per heavy atom. The van der Waals surface area contributed by atoms with Crippen molar-refractivity contribution in [2.24, 2.45) is 40.4 Å². The highest BCUT2D eigenvalue weighted by molar-refractivity contribution is 5.80. The van der Waals surface area contributed by atoms with Gasteiger partial charge in [-0.05, 0) is 87.4 Å². The molecule has 1 saturated heterocycles. The summed E-state index contributed by atoms with van der Waals surface area (Å²) in [5, 5.41) is 21.1. The fourth-order valence-electron chi connectivity index (χ4n) is 8.48. The van der Waals surface area contributed by atoms with Crippen molar-refractivity contribution in [2.75, 3.05) is 0 Å². The van der Waals surface area contributed by atoms with Crippen molar-refractivity contribution in [3.63, 3.8) is 0 Å². The third kappa shape index (κ3) is 1.97. The van der Waals surface area contributed by atoms with Gasteiger partial charge in [0.15, 0.2) is 6.29 Å². The van der Waals surface area contributed by atoms with Crippen LogP contribution in [0.3, 0.4) is 0 Å². The number of ether oxygens (including phenoxy) is 1. The summed E-state index contributed by atoms with van der Waals surface area (Å²) in [5.74, 6) is 2.31. The largest absolute Gasteiger partial charge is 0.393 e. The number of carbonyl (C=O) groups is 1. The summed E-state index contributed by atoms with van der Waals surface area (Å²) < 4.78 is 6.22. The van der Waals surface area contributed by atoms with Crippen molar-refractivity contribution in [1.29, 1.82) is 0 Å². The van der Waals surface area contributed by atoms with E-state index in [1.807, 2.05) is 0 Å². The molecule has 4 nitrogen and oxygen atoms in total. The highest BCUT2D eigenvalue weighted by Gasteiger charge is 2.71. The molecule has 0 amide bonds. The molecule has 5 rings (SSSR count). The molecule has 1 heterocycles. The van der Waals surface area contributed by atoms with Gasteiger partial charge in [-0.2, -0.15) is 0 Å². The van der Waals surface area contributed by atoms with E-state index in [2.05, 4.69) is 6.92 Å². The molecule has 0 aromatic carbocycles. The number of Topliss-reactive ketones (excluding diaryl/α,β-unsaturated/α-hetero) is 1. The van der Waals surface area contributed by atoms with Gasteiger partial charge < -0.3 is 14.9 Å². The lowest BCUT2D eigenvalue weighted by Crippen LogP contribution is -2.57. The fourth-order valence-corrected chi connectivity index (χ4v) is 8.48. The number of ketones is 1. The molecule has 0 aromatic heterocycles. The SMILES string of the molecule is CC(=O)[C@H]1CC[C@H]2[C@@H]3CC[C@@H]4C[C@H](O)CC[C@]4(C)[C@H]3[C@@H]3C[C@]12C(O)O3. The quantitative estimate of drug-likeness (QED) is 0.765. The Morgan fingerprint density at radius 3 is 2.68 bits per heavy atom. The second kappa shape index (κ2) is 5.30. The second-order valence-electron chi connectivity index (χ2n) is 10.1. The van der Waals surface area contributed by atoms with Gasteiger partial charge in [0.25, 0.3) is 0 Å². The standard InChI is InChI=1S/C21H32O4/c1-11(22)15-5-6-16-14-4-3-12-9-13(23)7-8-20(12,2)18(14)17-10-21(15,16)19(24)25-17/h12-19,23-24H,3-10H2,1-2H3/t12-,13-,14+,15-,16+,17+,18-,19?,20+,21+/m1/s1. The van der Waals surface area contributed by atoms with E-state index in [-0.39, 0.29) is 34.7 Å². The van der Waals surface area contributed by atoms with Crippen LogP contribution in [0.15, 0.2) is 0 Å². The van der Waals surface area contributed by atoms with E-state index in [4.69, 9.17) is 4.74 Å². The molecule has 1 spiro atoms. The molecule has 4 heteroatoms. The Labute approximate surface area is 150 Å². The second-order valence-corrected chi connectivity index (χ2v) is 10.1. The Kier molecular flexibility index (Phi) is 3.54. The topological polar surface area (TPSA) is 66.8 Å². The van der Waals surface area contributed by atoms with Crippen molar-refractivity contribution >= 4 is 5.78 Å². The van der Waals surface area contributed by atoms with E-state index in [0.29, 0.717) is 23.7 Å². The smallest absolute Gasteiger partial charge is 0.161 e. The minimum atomic E-state index is -0.763. The molecule has 2 bridgehead atoms. The van der Waals surface area contributed by atoms with Crippen LogP contribution in [0.5, 0.6) is 0 Å². The number of aliphatic hydroxyl groups is 2. The number of rotatable bonds is 1. The van der Waals surface area contributed by atoms with Crippen molar-refractivity contribution in [3.8, 4) is 0 Å². The summed E-state index contributed by atoms with van der Waals surface area (Å²) in [6.07, 6.45) is 7.34. The van der Waals surface area contributed by atoms with Crippen LogP contribution >= 0.6 is 0 Å². The van der Waals surface area contributed by atoms with E-state index in [1.165, 1.54) is 12.8 Å². The van der Waals surface area contributed by atoms with Gasteiger partial charge in [-0.25, -0.2) is 0 Å². The van der Waals surface area contributed by atoms with E-state index in [1.54, 1.807) is 6.92 Å². The molecule has 5 fully saturated rings. The first-order valence-corrected chi connectivity index (χ1v) is 10.4. The number of hydrogen-bond donors (Lipinski definition) is 2. The number of fused-ring (bicyclic) bond motifs is 6. The zero-order chi connectivity index (χ0) is 17.6. The molecule has 4 aliphatic carbocycles. The maximum atomic E-state index is 12.3. The van der Waals surface area contributed by atoms with Crippen LogP contribution in [0.2, 0.25) is 0 Å². The summed E-state index contributed by atoms with van der Waals surface area (Å²) in [6.45, 7) is 4.13. The monoisotopic (exact) mass is 348 g/mol. The predicted octanol–water partition coefficient (Wildman–Crippen LogP) is 2.90. The molecule has 0 aromatic rings. The van der Waals surface area contributed by atoms with Crippen LogP contribution in [0.4, 0.5) is 0 Å². The van der Waals surface area contributed by atoms with Crippen LogP contribution in [0, 0.1) is 40.4 Å². The molecular formula is C21H32O4. The third-order valence-electron chi connectivity index (χ3n) is 9.41. The fraction of sp³-hybridized carbons (Fsp3) is 0.952. The van der Waals surface area contributed by atoms with Crippen molar-refractivity contribution in [3.05, 3.63) is 0 Å². The van der Waals surface area contributed by atoms with Gasteiger partial charge in [0, 0.05) is 11.3 Å². The summed E-state index contributed by atoms with van der Waals surface area (Å²) in [4.78, 5) is 12.3. The first kappa shape index (κ1) is 16.7. The number of carbonyl (C=O) groups excluding carboxylic acids is 1. The highest BCUT2D eigenvalue weighted by Crippen LogP contribution is 2.71. The van der Waals surface area contributed by atoms with Crippen LogP contribution in [-0.2, 0) is 9.53 Å². The molecule has 10 atom stereocenters. The summed E-state index contributed by atoms with van der Waals surface area (Å²) in [7, 11) is 0. The normalized spacial score (nSPS) is 59.8.